The summed E-state index contributed by atoms with van der Waals surface area (Å²) in [5.41, 5.74) is 2.02. The molecule has 1 amide bonds. The number of nitrogens with zero attached hydrogens (tertiary/aromatic N) is 2. The number of hydrogen-bond acceptors (Lipinski definition) is 4. The number of anilines is 1. The van der Waals surface area contributed by atoms with Crippen LogP contribution in [0.3, 0.4) is 0 Å². The molecule has 0 aliphatic heterocycles. The van der Waals surface area contributed by atoms with E-state index in [4.69, 9.17) is 16.1 Å². The molecule has 110 valence electrons. The van der Waals surface area contributed by atoms with E-state index in [1.54, 1.807) is 55.5 Å². The van der Waals surface area contributed by atoms with Gasteiger partial charge in [-0.05, 0) is 36.4 Å². The Balaban J connectivity index is 1.74. The third-order valence-corrected chi connectivity index (χ3v) is 3.29. The third-order valence-electron chi connectivity index (χ3n) is 3.03. The molecule has 5 nitrogen and oxygen atoms in total. The summed E-state index contributed by atoms with van der Waals surface area (Å²) in [5.74, 6) is 0.805. The summed E-state index contributed by atoms with van der Waals surface area (Å²) in [6.45, 7) is 1.73. The zero-order valence-electron chi connectivity index (χ0n) is 11.7. The van der Waals surface area contributed by atoms with Crippen molar-refractivity contribution >= 4 is 23.2 Å². The molecule has 22 heavy (non-hydrogen) atoms. The number of benzene rings is 2. The van der Waals surface area contributed by atoms with Gasteiger partial charge >= 0.3 is 0 Å². The first kappa shape index (κ1) is 14.3. The molecule has 0 spiro atoms. The highest BCUT2D eigenvalue weighted by Gasteiger charge is 2.09. The number of halogens is 1. The summed E-state index contributed by atoms with van der Waals surface area (Å²) >= 11 is 5.81. The van der Waals surface area contributed by atoms with Crippen LogP contribution in [0.5, 0.6) is 0 Å². The van der Waals surface area contributed by atoms with E-state index in [9.17, 15) is 4.79 Å². The van der Waals surface area contributed by atoms with E-state index in [-0.39, 0.29) is 5.91 Å². The standard InChI is InChI=1S/C16H12ClN3O2/c1-10-18-15(20-22-10)11-2-4-12(5-3-11)16(21)19-14-8-6-13(17)7-9-14/h2-9H,1H3,(H,19,21). The predicted molar refractivity (Wildman–Crippen MR) is 83.9 cm³/mol. The second-order valence-corrected chi connectivity index (χ2v) is 5.11. The number of aryl methyl sites for hydroxylation is 1. The van der Waals surface area contributed by atoms with E-state index in [0.29, 0.717) is 28.0 Å². The number of rotatable bonds is 3. The lowest BCUT2D eigenvalue weighted by Crippen LogP contribution is -2.11. The maximum absolute atomic E-state index is 12.2. The number of nitrogens with one attached hydrogen (secondary N) is 1. The van der Waals surface area contributed by atoms with Gasteiger partial charge in [0.2, 0.25) is 11.7 Å². The van der Waals surface area contributed by atoms with E-state index in [1.165, 1.54) is 0 Å². The van der Waals surface area contributed by atoms with Crippen LogP contribution in [0.4, 0.5) is 5.69 Å². The van der Waals surface area contributed by atoms with Crippen LogP contribution in [0.1, 0.15) is 16.2 Å². The Bertz CT molecular complexity index is 795. The Labute approximate surface area is 131 Å². The van der Waals surface area contributed by atoms with Crippen LogP contribution in [0.25, 0.3) is 11.4 Å². The first-order valence-corrected chi connectivity index (χ1v) is 6.97. The molecule has 3 aromatic rings. The Morgan fingerprint density at radius 3 is 2.36 bits per heavy atom. The first-order valence-electron chi connectivity index (χ1n) is 6.59. The monoisotopic (exact) mass is 313 g/mol. The van der Waals surface area contributed by atoms with Gasteiger partial charge in [-0.3, -0.25) is 4.79 Å². The Morgan fingerprint density at radius 2 is 1.77 bits per heavy atom. The van der Waals surface area contributed by atoms with Crippen LogP contribution in [0, 0.1) is 6.92 Å². The fourth-order valence-corrected chi connectivity index (χ4v) is 2.05. The van der Waals surface area contributed by atoms with Crippen LogP contribution in [-0.2, 0) is 0 Å². The summed E-state index contributed by atoms with van der Waals surface area (Å²) in [6.07, 6.45) is 0. The van der Waals surface area contributed by atoms with Crippen LogP contribution >= 0.6 is 11.6 Å². The first-order chi connectivity index (χ1) is 10.6. The van der Waals surface area contributed by atoms with Gasteiger partial charge in [-0.25, -0.2) is 0 Å². The summed E-state index contributed by atoms with van der Waals surface area (Å²) in [7, 11) is 0. The quantitative estimate of drug-likeness (QED) is 0.795. The van der Waals surface area contributed by atoms with E-state index in [2.05, 4.69) is 15.5 Å². The van der Waals surface area contributed by atoms with Crippen LogP contribution in [-0.4, -0.2) is 16.0 Å². The Hall–Kier alpha value is -2.66. The highest BCUT2D eigenvalue weighted by atomic mass is 35.5. The molecule has 0 radical (unpaired) electrons. The lowest BCUT2D eigenvalue weighted by molar-refractivity contribution is 0.102. The minimum absolute atomic E-state index is 0.196. The van der Waals surface area contributed by atoms with E-state index < -0.39 is 0 Å². The lowest BCUT2D eigenvalue weighted by Gasteiger charge is -2.05. The van der Waals surface area contributed by atoms with Crippen molar-refractivity contribution in [2.24, 2.45) is 0 Å². The molecule has 6 heteroatoms. The summed E-state index contributed by atoms with van der Waals surface area (Å²) in [5, 5.41) is 7.26. The average molecular weight is 314 g/mol. The van der Waals surface area contributed by atoms with Crippen molar-refractivity contribution in [2.45, 2.75) is 6.92 Å². The van der Waals surface area contributed by atoms with Gasteiger partial charge in [0.05, 0.1) is 0 Å². The molecular weight excluding hydrogens is 302 g/mol. The molecule has 1 heterocycles. The summed E-state index contributed by atoms with van der Waals surface area (Å²) in [6, 6.07) is 13.9. The SMILES string of the molecule is Cc1nc(-c2ccc(C(=O)Nc3ccc(Cl)cc3)cc2)no1. The van der Waals surface area contributed by atoms with Crippen LogP contribution in [0.15, 0.2) is 53.1 Å². The maximum Gasteiger partial charge on any atom is 0.255 e. The summed E-state index contributed by atoms with van der Waals surface area (Å²) < 4.78 is 4.93. The van der Waals surface area contributed by atoms with Crippen molar-refractivity contribution in [3.63, 3.8) is 0 Å². The normalized spacial score (nSPS) is 10.5. The highest BCUT2D eigenvalue weighted by molar-refractivity contribution is 6.30. The van der Waals surface area contributed by atoms with Gasteiger partial charge < -0.3 is 9.84 Å². The Kier molecular flexibility index (Phi) is 3.89. The molecule has 0 atom stereocenters. The number of hydrogen-bond donors (Lipinski definition) is 1. The number of carbonyl (C=O) groups excluding carboxylic acids is 1. The van der Waals surface area contributed by atoms with Gasteiger partial charge in [0.1, 0.15) is 0 Å². The van der Waals surface area contributed by atoms with Gasteiger partial charge in [-0.1, -0.05) is 28.9 Å². The van der Waals surface area contributed by atoms with Crippen molar-refractivity contribution in [2.75, 3.05) is 5.32 Å². The highest BCUT2D eigenvalue weighted by Crippen LogP contribution is 2.18. The second kappa shape index (κ2) is 5.99. The molecule has 1 aromatic heterocycles. The molecule has 0 bridgehead atoms. The van der Waals surface area contributed by atoms with Gasteiger partial charge in [0, 0.05) is 28.8 Å². The average Bonchev–Trinajstić information content (AvgIpc) is 2.96. The topological polar surface area (TPSA) is 68.0 Å². The molecule has 3 rings (SSSR count). The molecule has 0 unspecified atom stereocenters. The van der Waals surface area contributed by atoms with E-state index in [1.807, 2.05) is 0 Å². The van der Waals surface area contributed by atoms with Gasteiger partial charge in [-0.2, -0.15) is 4.98 Å². The fourth-order valence-electron chi connectivity index (χ4n) is 1.92. The molecule has 2 aromatic carbocycles. The number of amides is 1. The summed E-state index contributed by atoms with van der Waals surface area (Å²) in [4.78, 5) is 16.3. The number of carbonyl (C=O) groups is 1. The molecule has 0 aliphatic carbocycles. The third kappa shape index (κ3) is 3.15. The van der Waals surface area contributed by atoms with Gasteiger partial charge in [-0.15, -0.1) is 0 Å². The van der Waals surface area contributed by atoms with E-state index in [0.717, 1.165) is 5.56 Å². The number of aromatic nitrogens is 2. The molecule has 0 saturated carbocycles. The van der Waals surface area contributed by atoms with Crippen molar-refractivity contribution < 1.29 is 9.32 Å². The fraction of sp³-hybridized carbons (Fsp3) is 0.0625. The largest absolute Gasteiger partial charge is 0.339 e. The lowest BCUT2D eigenvalue weighted by atomic mass is 10.1. The second-order valence-electron chi connectivity index (χ2n) is 4.68. The van der Waals surface area contributed by atoms with Crippen LogP contribution in [0.2, 0.25) is 5.02 Å². The Morgan fingerprint density at radius 1 is 1.09 bits per heavy atom. The minimum Gasteiger partial charge on any atom is -0.339 e. The van der Waals surface area contributed by atoms with Gasteiger partial charge in [0.25, 0.3) is 5.91 Å². The van der Waals surface area contributed by atoms with Crippen molar-refractivity contribution in [1.29, 1.82) is 0 Å². The zero-order valence-corrected chi connectivity index (χ0v) is 12.5. The predicted octanol–water partition coefficient (Wildman–Crippen LogP) is 3.95. The zero-order chi connectivity index (χ0) is 15.5. The maximum atomic E-state index is 12.2. The molecule has 0 aliphatic rings. The van der Waals surface area contributed by atoms with Crippen molar-refractivity contribution in [3.8, 4) is 11.4 Å². The molecular formula is C16H12ClN3O2. The molecule has 1 N–H and O–H groups in total. The smallest absolute Gasteiger partial charge is 0.255 e. The van der Waals surface area contributed by atoms with Crippen LogP contribution < -0.4 is 5.32 Å². The minimum atomic E-state index is -0.196. The van der Waals surface area contributed by atoms with E-state index >= 15 is 0 Å². The molecule has 0 fully saturated rings. The van der Waals surface area contributed by atoms with Crippen molar-refractivity contribution in [1.82, 2.24) is 10.1 Å². The molecule has 0 saturated heterocycles. The van der Waals surface area contributed by atoms with Crippen molar-refractivity contribution in [3.05, 3.63) is 65.0 Å². The van der Waals surface area contributed by atoms with Gasteiger partial charge in [0.15, 0.2) is 0 Å².